The molecule has 2 N–H and O–H groups in total. The maximum absolute atomic E-state index is 12.5. The van der Waals surface area contributed by atoms with Crippen LogP contribution < -0.4 is 4.72 Å². The number of aliphatic hydroxyl groups is 1. The fourth-order valence-corrected chi connectivity index (χ4v) is 4.04. The quantitative estimate of drug-likeness (QED) is 0.810. The molecule has 1 aromatic rings. The molecule has 0 amide bonds. The summed E-state index contributed by atoms with van der Waals surface area (Å²) in [5, 5.41) is 8.71. The zero-order chi connectivity index (χ0) is 14.9. The van der Waals surface area contributed by atoms with Gasteiger partial charge < -0.3 is 5.11 Å². The lowest BCUT2D eigenvalue weighted by Gasteiger charge is -2.17. The molecule has 2 fully saturated rings. The number of sulfonamides is 1. The molecule has 2 aliphatic rings. The van der Waals surface area contributed by atoms with Crippen LogP contribution >= 0.6 is 0 Å². The molecule has 112 valence electrons. The molecule has 0 radical (unpaired) electrons. The summed E-state index contributed by atoms with van der Waals surface area (Å²) in [5.74, 6) is 6.31. The first-order valence-electron chi connectivity index (χ1n) is 7.32. The van der Waals surface area contributed by atoms with Gasteiger partial charge in [-0.1, -0.05) is 17.9 Å². The summed E-state index contributed by atoms with van der Waals surface area (Å²) in [5.41, 5.74) is 0.598. The first-order chi connectivity index (χ1) is 10.1. The molecule has 3 rings (SSSR count). The van der Waals surface area contributed by atoms with Crippen LogP contribution in [0.5, 0.6) is 0 Å². The zero-order valence-electron chi connectivity index (χ0n) is 11.7. The molecule has 21 heavy (non-hydrogen) atoms. The molecule has 2 aliphatic carbocycles. The smallest absolute Gasteiger partial charge is 0.240 e. The van der Waals surface area contributed by atoms with Crippen molar-refractivity contribution in [3.05, 3.63) is 29.8 Å². The first kappa shape index (κ1) is 14.6. The van der Waals surface area contributed by atoms with Crippen LogP contribution in [0.25, 0.3) is 0 Å². The molecular formula is C16H19NO3S. The lowest BCUT2D eigenvalue weighted by molar-refractivity contribution is 0.350. The van der Waals surface area contributed by atoms with E-state index in [0.29, 0.717) is 17.4 Å². The highest BCUT2D eigenvalue weighted by atomic mass is 32.2. The van der Waals surface area contributed by atoms with E-state index in [1.807, 2.05) is 0 Å². The van der Waals surface area contributed by atoms with Crippen LogP contribution in [0.1, 0.15) is 31.2 Å². The summed E-state index contributed by atoms with van der Waals surface area (Å²) in [7, 11) is -3.50. The molecule has 5 heteroatoms. The van der Waals surface area contributed by atoms with Crippen molar-refractivity contribution in [2.24, 2.45) is 11.8 Å². The highest BCUT2D eigenvalue weighted by molar-refractivity contribution is 7.89. The predicted molar refractivity (Wildman–Crippen MR) is 80.0 cm³/mol. The SMILES string of the molecule is O=S(=O)(NC(C1CC1)C1CC1)c1cccc(C#CCO)c1. The van der Waals surface area contributed by atoms with E-state index < -0.39 is 10.0 Å². The molecule has 4 nitrogen and oxygen atoms in total. The Labute approximate surface area is 125 Å². The standard InChI is InChI=1S/C16H19NO3S/c18-10-2-4-12-3-1-5-15(11-12)21(19,20)17-16(13-6-7-13)14-8-9-14/h1,3,5,11,13-14,16-18H,6-10H2. The Bertz CT molecular complexity index is 667. The van der Waals surface area contributed by atoms with E-state index in [-0.39, 0.29) is 17.5 Å². The Morgan fingerprint density at radius 3 is 2.48 bits per heavy atom. The maximum Gasteiger partial charge on any atom is 0.240 e. The van der Waals surface area contributed by atoms with Gasteiger partial charge in [0.15, 0.2) is 0 Å². The Morgan fingerprint density at radius 1 is 1.24 bits per heavy atom. The summed E-state index contributed by atoms with van der Waals surface area (Å²) in [6.07, 6.45) is 4.52. The van der Waals surface area contributed by atoms with Crippen molar-refractivity contribution in [2.45, 2.75) is 36.6 Å². The Kier molecular flexibility index (Phi) is 4.03. The van der Waals surface area contributed by atoms with Crippen LogP contribution in [0.3, 0.4) is 0 Å². The van der Waals surface area contributed by atoms with Gasteiger partial charge in [0.1, 0.15) is 6.61 Å². The minimum atomic E-state index is -3.50. The lowest BCUT2D eigenvalue weighted by Crippen LogP contribution is -2.38. The molecule has 0 heterocycles. The second kappa shape index (κ2) is 5.80. The maximum atomic E-state index is 12.5. The third-order valence-corrected chi connectivity index (χ3v) is 5.46. The summed E-state index contributed by atoms with van der Waals surface area (Å²) in [6.45, 7) is -0.235. The van der Waals surface area contributed by atoms with Gasteiger partial charge >= 0.3 is 0 Å². The Morgan fingerprint density at radius 2 is 1.90 bits per heavy atom. The predicted octanol–water partition coefficient (Wildman–Crippen LogP) is 1.50. The summed E-state index contributed by atoms with van der Waals surface area (Å²) >= 11 is 0. The van der Waals surface area contributed by atoms with Crippen molar-refractivity contribution in [1.82, 2.24) is 4.72 Å². The fourth-order valence-electron chi connectivity index (χ4n) is 2.62. The van der Waals surface area contributed by atoms with E-state index in [2.05, 4.69) is 16.6 Å². The average molecular weight is 305 g/mol. The Balaban J connectivity index is 1.80. The van der Waals surface area contributed by atoms with E-state index in [0.717, 1.165) is 25.7 Å². The minimum absolute atomic E-state index is 0.0992. The van der Waals surface area contributed by atoms with Gasteiger partial charge in [0, 0.05) is 11.6 Å². The van der Waals surface area contributed by atoms with E-state index >= 15 is 0 Å². The summed E-state index contributed by atoms with van der Waals surface area (Å²) < 4.78 is 27.9. The van der Waals surface area contributed by atoms with E-state index in [4.69, 9.17) is 5.11 Å². The van der Waals surface area contributed by atoms with Gasteiger partial charge in [-0.05, 0) is 55.7 Å². The average Bonchev–Trinajstić information content (AvgIpc) is 3.36. The third kappa shape index (κ3) is 3.65. The summed E-state index contributed by atoms with van der Waals surface area (Å²) in [4.78, 5) is 0.249. The molecule has 0 unspecified atom stereocenters. The van der Waals surface area contributed by atoms with Crippen molar-refractivity contribution < 1.29 is 13.5 Å². The van der Waals surface area contributed by atoms with Gasteiger partial charge in [-0.25, -0.2) is 13.1 Å². The molecule has 0 spiro atoms. The topological polar surface area (TPSA) is 66.4 Å². The molecule has 1 aromatic carbocycles. The van der Waals surface area contributed by atoms with Gasteiger partial charge in [0.25, 0.3) is 0 Å². The van der Waals surface area contributed by atoms with Gasteiger partial charge in [-0.15, -0.1) is 0 Å². The molecule has 2 saturated carbocycles. The molecule has 0 saturated heterocycles. The van der Waals surface area contributed by atoms with Crippen LogP contribution in [-0.4, -0.2) is 26.2 Å². The number of benzene rings is 1. The second-order valence-electron chi connectivity index (χ2n) is 5.81. The fraction of sp³-hybridized carbons (Fsp3) is 0.500. The highest BCUT2D eigenvalue weighted by Crippen LogP contribution is 2.45. The zero-order valence-corrected chi connectivity index (χ0v) is 12.6. The van der Waals surface area contributed by atoms with Gasteiger partial charge in [0.2, 0.25) is 10.0 Å². The summed E-state index contributed by atoms with van der Waals surface area (Å²) in [6, 6.07) is 6.66. The van der Waals surface area contributed by atoms with Crippen LogP contribution in [0.4, 0.5) is 0 Å². The Hall–Kier alpha value is -1.35. The molecule has 0 aliphatic heterocycles. The van der Waals surface area contributed by atoms with Crippen LogP contribution in [0.2, 0.25) is 0 Å². The van der Waals surface area contributed by atoms with Crippen molar-refractivity contribution in [3.8, 4) is 11.8 Å². The molecular weight excluding hydrogens is 286 g/mol. The van der Waals surface area contributed by atoms with E-state index in [1.54, 1.807) is 24.3 Å². The number of rotatable bonds is 5. The largest absolute Gasteiger partial charge is 0.384 e. The van der Waals surface area contributed by atoms with Gasteiger partial charge in [0.05, 0.1) is 4.90 Å². The number of aliphatic hydroxyl groups excluding tert-OH is 1. The highest BCUT2D eigenvalue weighted by Gasteiger charge is 2.43. The minimum Gasteiger partial charge on any atom is -0.384 e. The normalized spacial score (nSPS) is 18.4. The van der Waals surface area contributed by atoms with Gasteiger partial charge in [-0.2, -0.15) is 0 Å². The van der Waals surface area contributed by atoms with Crippen molar-refractivity contribution >= 4 is 10.0 Å². The van der Waals surface area contributed by atoms with Crippen LogP contribution in [-0.2, 0) is 10.0 Å². The lowest BCUT2D eigenvalue weighted by atomic mass is 10.1. The first-order valence-corrected chi connectivity index (χ1v) is 8.80. The van der Waals surface area contributed by atoms with Crippen molar-refractivity contribution in [1.29, 1.82) is 0 Å². The van der Waals surface area contributed by atoms with Crippen molar-refractivity contribution in [2.75, 3.05) is 6.61 Å². The van der Waals surface area contributed by atoms with E-state index in [9.17, 15) is 8.42 Å². The molecule has 0 atom stereocenters. The van der Waals surface area contributed by atoms with Crippen LogP contribution in [0.15, 0.2) is 29.2 Å². The van der Waals surface area contributed by atoms with Crippen LogP contribution in [0, 0.1) is 23.7 Å². The molecule has 0 bridgehead atoms. The van der Waals surface area contributed by atoms with E-state index in [1.165, 1.54) is 0 Å². The second-order valence-corrected chi connectivity index (χ2v) is 7.52. The van der Waals surface area contributed by atoms with Gasteiger partial charge in [-0.3, -0.25) is 0 Å². The monoisotopic (exact) mass is 305 g/mol. The van der Waals surface area contributed by atoms with Crippen molar-refractivity contribution in [3.63, 3.8) is 0 Å². The number of hydrogen-bond acceptors (Lipinski definition) is 3. The molecule has 0 aromatic heterocycles. The number of hydrogen-bond donors (Lipinski definition) is 2. The number of nitrogens with one attached hydrogen (secondary N) is 1. The third-order valence-electron chi connectivity index (χ3n) is 4.01.